The maximum Gasteiger partial charge on any atom is 0.138 e. The molecule has 0 atom stereocenters. The Morgan fingerprint density at radius 3 is 2.92 bits per heavy atom. The van der Waals surface area contributed by atoms with Gasteiger partial charge in [0.1, 0.15) is 6.33 Å². The minimum absolute atomic E-state index is 0.452. The van der Waals surface area contributed by atoms with Crippen LogP contribution in [0.4, 0.5) is 0 Å². The highest BCUT2D eigenvalue weighted by molar-refractivity contribution is 5.00. The molecule has 1 aromatic rings. The fraction of sp³-hybridized carbons (Fsp3) is 0.875. The summed E-state index contributed by atoms with van der Waals surface area (Å²) in [5.41, 5.74) is 0.452. The van der Waals surface area contributed by atoms with Crippen molar-refractivity contribution in [2.75, 3.05) is 7.05 Å². The third kappa shape index (κ3) is 2.03. The molecule has 1 aromatic heterocycles. The highest BCUT2D eigenvalue weighted by atomic mass is 15.5. The molecule has 0 spiro atoms. The van der Waals surface area contributed by atoms with E-state index in [0.29, 0.717) is 5.54 Å². The summed E-state index contributed by atoms with van der Waals surface area (Å²) in [5.74, 6) is 0. The van der Waals surface area contributed by atoms with E-state index >= 15 is 0 Å². The van der Waals surface area contributed by atoms with Crippen LogP contribution in [0.2, 0.25) is 0 Å². The maximum absolute atomic E-state index is 3.82. The zero-order valence-corrected chi connectivity index (χ0v) is 7.90. The van der Waals surface area contributed by atoms with Crippen molar-refractivity contribution in [1.29, 1.82) is 0 Å². The Balaban J connectivity index is 1.70. The van der Waals surface area contributed by atoms with Gasteiger partial charge in [0, 0.05) is 12.1 Å². The molecule has 0 saturated heterocycles. The number of aromatic nitrogens is 4. The van der Waals surface area contributed by atoms with Crippen LogP contribution in [-0.4, -0.2) is 32.8 Å². The molecule has 1 fully saturated rings. The molecule has 0 amide bonds. The number of hydrogen-bond donors (Lipinski definition) is 1. The molecular formula is C8H15N5. The topological polar surface area (TPSA) is 55.6 Å². The van der Waals surface area contributed by atoms with E-state index in [0.717, 1.165) is 13.0 Å². The van der Waals surface area contributed by atoms with Gasteiger partial charge in [-0.05, 0) is 43.2 Å². The average Bonchev–Trinajstić information content (AvgIpc) is 2.74. The predicted octanol–water partition coefficient (Wildman–Crippen LogP) is 0.205. The standard InChI is InChI=1S/C8H15N5/c1-9-8(4-5-8)3-2-6-13-7-10-11-12-13/h7,9H,2-6H2,1H3. The lowest BCUT2D eigenvalue weighted by atomic mass is 10.1. The van der Waals surface area contributed by atoms with Gasteiger partial charge in [-0.3, -0.25) is 0 Å². The summed E-state index contributed by atoms with van der Waals surface area (Å²) in [5, 5.41) is 14.4. The summed E-state index contributed by atoms with van der Waals surface area (Å²) >= 11 is 0. The van der Waals surface area contributed by atoms with Crippen molar-refractivity contribution in [3.8, 4) is 0 Å². The molecule has 1 heterocycles. The normalized spacial score (nSPS) is 18.8. The summed E-state index contributed by atoms with van der Waals surface area (Å²) in [4.78, 5) is 0. The largest absolute Gasteiger partial charge is 0.314 e. The van der Waals surface area contributed by atoms with Crippen molar-refractivity contribution in [2.45, 2.75) is 37.8 Å². The van der Waals surface area contributed by atoms with Gasteiger partial charge in [-0.2, -0.15) is 0 Å². The second-order valence-electron chi connectivity index (χ2n) is 3.71. The molecule has 5 heteroatoms. The zero-order valence-electron chi connectivity index (χ0n) is 7.90. The fourth-order valence-corrected chi connectivity index (χ4v) is 1.64. The van der Waals surface area contributed by atoms with E-state index in [-0.39, 0.29) is 0 Å². The first kappa shape index (κ1) is 8.62. The first-order valence-electron chi connectivity index (χ1n) is 4.74. The van der Waals surface area contributed by atoms with E-state index in [1.807, 2.05) is 7.05 Å². The molecular weight excluding hydrogens is 166 g/mol. The van der Waals surface area contributed by atoms with Gasteiger partial charge in [-0.25, -0.2) is 4.68 Å². The van der Waals surface area contributed by atoms with Gasteiger partial charge in [0.05, 0.1) is 0 Å². The fourth-order valence-electron chi connectivity index (χ4n) is 1.64. The van der Waals surface area contributed by atoms with Crippen LogP contribution in [0.3, 0.4) is 0 Å². The first-order chi connectivity index (χ1) is 6.35. The lowest BCUT2D eigenvalue weighted by molar-refractivity contribution is 0.449. The minimum atomic E-state index is 0.452. The first-order valence-corrected chi connectivity index (χ1v) is 4.74. The summed E-state index contributed by atoms with van der Waals surface area (Å²) in [6, 6.07) is 0. The Morgan fingerprint density at radius 2 is 2.38 bits per heavy atom. The molecule has 2 rings (SSSR count). The van der Waals surface area contributed by atoms with Crippen LogP contribution in [0.15, 0.2) is 6.33 Å². The van der Waals surface area contributed by atoms with Crippen LogP contribution in [0, 0.1) is 0 Å². The van der Waals surface area contributed by atoms with Gasteiger partial charge in [-0.15, -0.1) is 5.10 Å². The number of aryl methyl sites for hydroxylation is 1. The SMILES string of the molecule is CNC1(CCCn2cnnn2)CC1. The lowest BCUT2D eigenvalue weighted by Crippen LogP contribution is -2.27. The highest BCUT2D eigenvalue weighted by Gasteiger charge is 2.39. The van der Waals surface area contributed by atoms with Crippen LogP contribution >= 0.6 is 0 Å². The van der Waals surface area contributed by atoms with E-state index < -0.39 is 0 Å². The van der Waals surface area contributed by atoms with Crippen molar-refractivity contribution in [1.82, 2.24) is 25.5 Å². The van der Waals surface area contributed by atoms with E-state index in [2.05, 4.69) is 20.8 Å². The van der Waals surface area contributed by atoms with Crippen molar-refractivity contribution in [3.05, 3.63) is 6.33 Å². The van der Waals surface area contributed by atoms with Crippen molar-refractivity contribution < 1.29 is 0 Å². The van der Waals surface area contributed by atoms with E-state index in [1.165, 1.54) is 19.3 Å². The molecule has 1 aliphatic rings. The molecule has 0 aromatic carbocycles. The lowest BCUT2D eigenvalue weighted by Gasteiger charge is -2.12. The molecule has 1 aliphatic carbocycles. The monoisotopic (exact) mass is 181 g/mol. The van der Waals surface area contributed by atoms with Gasteiger partial charge in [0.15, 0.2) is 0 Å². The number of nitrogens with zero attached hydrogens (tertiary/aromatic N) is 4. The Hall–Kier alpha value is -0.970. The van der Waals surface area contributed by atoms with Crippen molar-refractivity contribution in [3.63, 3.8) is 0 Å². The van der Waals surface area contributed by atoms with Crippen molar-refractivity contribution >= 4 is 0 Å². The van der Waals surface area contributed by atoms with Crippen LogP contribution in [-0.2, 0) is 6.54 Å². The number of nitrogens with one attached hydrogen (secondary N) is 1. The van der Waals surface area contributed by atoms with Crippen LogP contribution in [0.5, 0.6) is 0 Å². The number of rotatable bonds is 5. The van der Waals surface area contributed by atoms with Crippen LogP contribution in [0.1, 0.15) is 25.7 Å². The Bertz CT molecular complexity index is 252. The van der Waals surface area contributed by atoms with Gasteiger partial charge in [-0.1, -0.05) is 0 Å². The van der Waals surface area contributed by atoms with Crippen molar-refractivity contribution in [2.24, 2.45) is 0 Å². The molecule has 0 aliphatic heterocycles. The Morgan fingerprint density at radius 1 is 1.54 bits per heavy atom. The molecule has 1 saturated carbocycles. The number of hydrogen-bond acceptors (Lipinski definition) is 4. The van der Waals surface area contributed by atoms with Crippen LogP contribution < -0.4 is 5.32 Å². The molecule has 13 heavy (non-hydrogen) atoms. The number of tetrazole rings is 1. The third-order valence-electron chi connectivity index (χ3n) is 2.82. The summed E-state index contributed by atoms with van der Waals surface area (Å²) in [6.45, 7) is 0.927. The molecule has 5 nitrogen and oxygen atoms in total. The Labute approximate surface area is 77.5 Å². The Kier molecular flexibility index (Phi) is 2.26. The van der Waals surface area contributed by atoms with Crippen LogP contribution in [0.25, 0.3) is 0 Å². The summed E-state index contributed by atoms with van der Waals surface area (Å²) in [7, 11) is 2.05. The highest BCUT2D eigenvalue weighted by Crippen LogP contribution is 2.39. The maximum atomic E-state index is 3.82. The molecule has 1 N–H and O–H groups in total. The molecule has 0 radical (unpaired) electrons. The molecule has 0 unspecified atom stereocenters. The van der Waals surface area contributed by atoms with E-state index in [9.17, 15) is 0 Å². The molecule has 72 valence electrons. The average molecular weight is 181 g/mol. The quantitative estimate of drug-likeness (QED) is 0.705. The minimum Gasteiger partial charge on any atom is -0.314 e. The summed E-state index contributed by atoms with van der Waals surface area (Å²) in [6.07, 6.45) is 6.67. The van der Waals surface area contributed by atoms with E-state index in [1.54, 1.807) is 11.0 Å². The molecule has 0 bridgehead atoms. The zero-order chi connectivity index (χ0) is 9.15. The van der Waals surface area contributed by atoms with Gasteiger partial charge in [0.25, 0.3) is 0 Å². The summed E-state index contributed by atoms with van der Waals surface area (Å²) < 4.78 is 1.78. The smallest absolute Gasteiger partial charge is 0.138 e. The predicted molar refractivity (Wildman–Crippen MR) is 48.1 cm³/mol. The second kappa shape index (κ2) is 3.41. The van der Waals surface area contributed by atoms with E-state index in [4.69, 9.17) is 0 Å². The van der Waals surface area contributed by atoms with Gasteiger partial charge in [0.2, 0.25) is 0 Å². The van der Waals surface area contributed by atoms with Gasteiger partial charge >= 0.3 is 0 Å². The van der Waals surface area contributed by atoms with Gasteiger partial charge < -0.3 is 5.32 Å². The third-order valence-corrected chi connectivity index (χ3v) is 2.82. The second-order valence-corrected chi connectivity index (χ2v) is 3.71.